The van der Waals surface area contributed by atoms with Crippen molar-refractivity contribution >= 4 is 78.5 Å². The molecule has 0 unspecified atom stereocenters. The Hall–Kier alpha value is -7.92. The van der Waals surface area contributed by atoms with Crippen LogP contribution in [0.5, 0.6) is 11.5 Å². The Morgan fingerprint density at radius 2 is 0.968 bits per heavy atom. The molecule has 0 saturated carbocycles. The maximum atomic E-state index is 6.70. The number of ether oxygens (including phenoxy) is 1. The Bertz CT molecular complexity index is 3520. The fourth-order valence-corrected chi connectivity index (χ4v) is 16.1. The highest BCUT2D eigenvalue weighted by molar-refractivity contribution is 7.23. The van der Waals surface area contributed by atoms with Crippen LogP contribution in [-0.2, 0) is 0 Å². The maximum absolute atomic E-state index is 6.70. The van der Waals surface area contributed by atoms with Gasteiger partial charge in [0.15, 0.2) is 8.07 Å². The topological polar surface area (TPSA) is 17.4 Å². The Labute approximate surface area is 361 Å². The van der Waals surface area contributed by atoms with Gasteiger partial charge in [-0.2, -0.15) is 0 Å². The van der Waals surface area contributed by atoms with E-state index in [0.717, 1.165) is 34.2 Å². The molecular weight excluding hydrogens is 769 g/mol. The van der Waals surface area contributed by atoms with Crippen molar-refractivity contribution in [3.05, 3.63) is 231 Å². The highest BCUT2D eigenvalue weighted by atomic mass is 28.3. The van der Waals surface area contributed by atoms with Crippen LogP contribution in [0, 0.1) is 0 Å². The summed E-state index contributed by atoms with van der Waals surface area (Å²) < 4.78 is 9.09. The van der Waals surface area contributed by atoms with Gasteiger partial charge in [-0.25, -0.2) is 0 Å². The SMILES string of the molecule is c1ccc(-n2c3ccccc3c3c(-c4ccc(N(c5ccc6c(c5)[Si]5(c7ccccc7Oc7ccccc75)c5ccccc5-6)c5cccc6ccccc56)cc4)cccc32)cc1. The molecule has 0 N–H and O–H groups in total. The average Bonchev–Trinajstić information content (AvgIpc) is 3.83. The van der Waals surface area contributed by atoms with Crippen LogP contribution in [0.2, 0.25) is 0 Å². The lowest BCUT2D eigenvalue weighted by molar-refractivity contribution is 0.487. The lowest BCUT2D eigenvalue weighted by Crippen LogP contribution is -2.74. The number of anilines is 3. The zero-order chi connectivity index (χ0) is 40.8. The van der Waals surface area contributed by atoms with Gasteiger partial charge in [0.2, 0.25) is 0 Å². The molecule has 1 spiro atoms. The standard InChI is InChI=1S/C58H38N2OSi/c1-2-18-41(19-3-1)60-50-24-8-6-22-48(50)58-45(23-15-26-51(58)60)40-32-34-42(35-33-40)59(49-25-14-17-39-16-4-5-20-44(39)49)43-36-37-47-46-21-7-11-29-54(46)62(57(47)38-43)55-30-12-9-27-52(55)61-53-28-10-13-31-56(53)62/h1-38H. The monoisotopic (exact) mass is 806 g/mol. The molecule has 0 aliphatic carbocycles. The summed E-state index contributed by atoms with van der Waals surface area (Å²) in [5.74, 6) is 1.91. The van der Waals surface area contributed by atoms with Crippen molar-refractivity contribution in [1.82, 2.24) is 4.57 Å². The number of fused-ring (bicyclic) bond motifs is 13. The average molecular weight is 807 g/mol. The van der Waals surface area contributed by atoms with Crippen molar-refractivity contribution in [2.24, 2.45) is 0 Å². The summed E-state index contributed by atoms with van der Waals surface area (Å²) in [6, 6.07) is 84.6. The summed E-state index contributed by atoms with van der Waals surface area (Å²) in [4.78, 5) is 2.47. The van der Waals surface area contributed by atoms with Crippen LogP contribution in [0.15, 0.2) is 231 Å². The van der Waals surface area contributed by atoms with Gasteiger partial charge in [-0.3, -0.25) is 0 Å². The Morgan fingerprint density at radius 1 is 0.387 bits per heavy atom. The van der Waals surface area contributed by atoms with Crippen molar-refractivity contribution in [1.29, 1.82) is 0 Å². The van der Waals surface area contributed by atoms with Crippen LogP contribution >= 0.6 is 0 Å². The number of rotatable bonds is 5. The molecule has 13 rings (SSSR count). The number of benzene rings is 10. The van der Waals surface area contributed by atoms with Crippen LogP contribution in [0.25, 0.3) is 60.5 Å². The second kappa shape index (κ2) is 13.5. The van der Waals surface area contributed by atoms with E-state index in [0.29, 0.717) is 0 Å². The van der Waals surface area contributed by atoms with Gasteiger partial charge >= 0.3 is 0 Å². The van der Waals surface area contributed by atoms with E-state index >= 15 is 0 Å². The molecular formula is C58H38N2OSi. The summed E-state index contributed by atoms with van der Waals surface area (Å²) in [5, 5.41) is 10.3. The minimum Gasteiger partial charge on any atom is -0.458 e. The van der Waals surface area contributed by atoms with Gasteiger partial charge in [0.05, 0.1) is 16.7 Å². The molecule has 10 aromatic carbocycles. The van der Waals surface area contributed by atoms with Crippen molar-refractivity contribution in [2.75, 3.05) is 4.90 Å². The van der Waals surface area contributed by atoms with Gasteiger partial charge < -0.3 is 14.2 Å². The fourth-order valence-electron chi connectivity index (χ4n) is 10.7. The molecule has 0 atom stereocenters. The second-order valence-corrected chi connectivity index (χ2v) is 20.0. The molecule has 1 aromatic heterocycles. The minimum atomic E-state index is -2.81. The Balaban J connectivity index is 1.03. The quantitative estimate of drug-likeness (QED) is 0.161. The van der Waals surface area contributed by atoms with Crippen molar-refractivity contribution in [3.8, 4) is 39.4 Å². The number of para-hydroxylation sites is 4. The van der Waals surface area contributed by atoms with Gasteiger partial charge in [-0.15, -0.1) is 0 Å². The van der Waals surface area contributed by atoms with E-state index in [4.69, 9.17) is 4.74 Å². The smallest absolute Gasteiger partial charge is 0.189 e. The zero-order valence-corrected chi connectivity index (χ0v) is 34.7. The fraction of sp³-hybridized carbons (Fsp3) is 0. The Kier molecular flexibility index (Phi) is 7.62. The third-order valence-corrected chi connectivity index (χ3v) is 18.2. The highest BCUT2D eigenvalue weighted by Gasteiger charge is 2.53. The molecule has 0 amide bonds. The number of hydrogen-bond acceptors (Lipinski definition) is 2. The molecule has 2 aliphatic heterocycles. The van der Waals surface area contributed by atoms with E-state index in [-0.39, 0.29) is 0 Å². The van der Waals surface area contributed by atoms with Crippen LogP contribution in [0.4, 0.5) is 17.1 Å². The first-order valence-corrected chi connectivity index (χ1v) is 23.3. The zero-order valence-electron chi connectivity index (χ0n) is 33.7. The molecule has 11 aromatic rings. The molecule has 3 nitrogen and oxygen atoms in total. The van der Waals surface area contributed by atoms with Gasteiger partial charge in [-0.1, -0.05) is 164 Å². The summed E-state index contributed by atoms with van der Waals surface area (Å²) in [5.41, 5.74) is 11.9. The van der Waals surface area contributed by atoms with Crippen molar-refractivity contribution in [2.45, 2.75) is 0 Å². The number of aromatic nitrogens is 1. The first-order valence-electron chi connectivity index (χ1n) is 21.3. The Morgan fingerprint density at radius 3 is 1.77 bits per heavy atom. The molecule has 0 saturated heterocycles. The lowest BCUT2D eigenvalue weighted by Gasteiger charge is -2.37. The van der Waals surface area contributed by atoms with Gasteiger partial charge in [0.25, 0.3) is 0 Å². The van der Waals surface area contributed by atoms with E-state index in [1.807, 2.05) is 0 Å². The predicted octanol–water partition coefficient (Wildman–Crippen LogP) is 12.5. The molecule has 4 heteroatoms. The maximum Gasteiger partial charge on any atom is 0.189 e. The van der Waals surface area contributed by atoms with E-state index in [1.54, 1.807) is 0 Å². The molecule has 0 radical (unpaired) electrons. The summed E-state index contributed by atoms with van der Waals surface area (Å²) >= 11 is 0. The molecule has 2 aliphatic rings. The summed E-state index contributed by atoms with van der Waals surface area (Å²) in [7, 11) is -2.81. The second-order valence-electron chi connectivity index (χ2n) is 16.4. The molecule has 290 valence electrons. The van der Waals surface area contributed by atoms with Crippen LogP contribution < -0.4 is 30.4 Å². The van der Waals surface area contributed by atoms with E-state index in [1.165, 1.54) is 75.6 Å². The normalized spacial score (nSPS) is 13.1. The van der Waals surface area contributed by atoms with Crippen molar-refractivity contribution in [3.63, 3.8) is 0 Å². The molecule has 0 fully saturated rings. The predicted molar refractivity (Wildman–Crippen MR) is 261 cm³/mol. The lowest BCUT2D eigenvalue weighted by atomic mass is 9.98. The molecule has 0 bridgehead atoms. The van der Waals surface area contributed by atoms with Crippen LogP contribution in [0.1, 0.15) is 0 Å². The van der Waals surface area contributed by atoms with Crippen LogP contribution in [-0.4, -0.2) is 12.6 Å². The summed E-state index contributed by atoms with van der Waals surface area (Å²) in [6.07, 6.45) is 0. The summed E-state index contributed by atoms with van der Waals surface area (Å²) in [6.45, 7) is 0. The minimum absolute atomic E-state index is 0.953. The van der Waals surface area contributed by atoms with Gasteiger partial charge in [0.1, 0.15) is 11.5 Å². The van der Waals surface area contributed by atoms with E-state index < -0.39 is 8.07 Å². The first-order chi connectivity index (χ1) is 30.8. The highest BCUT2D eigenvalue weighted by Crippen LogP contribution is 2.44. The first kappa shape index (κ1) is 34.9. The third-order valence-electron chi connectivity index (χ3n) is 13.2. The third kappa shape index (κ3) is 4.93. The van der Waals surface area contributed by atoms with E-state index in [9.17, 15) is 0 Å². The largest absolute Gasteiger partial charge is 0.458 e. The van der Waals surface area contributed by atoms with Gasteiger partial charge in [-0.05, 0) is 115 Å². The van der Waals surface area contributed by atoms with Gasteiger partial charge in [0, 0.05) is 33.2 Å². The van der Waals surface area contributed by atoms with Crippen molar-refractivity contribution < 1.29 is 4.74 Å². The molecule has 62 heavy (non-hydrogen) atoms. The van der Waals surface area contributed by atoms with E-state index in [2.05, 4.69) is 240 Å². The van der Waals surface area contributed by atoms with Crippen LogP contribution in [0.3, 0.4) is 0 Å². The number of nitrogens with zero attached hydrogens (tertiary/aromatic N) is 2. The molecule has 3 heterocycles. The number of hydrogen-bond donors (Lipinski definition) is 0.